The lowest BCUT2D eigenvalue weighted by Crippen LogP contribution is -2.39. The summed E-state index contributed by atoms with van der Waals surface area (Å²) in [5.41, 5.74) is 0. The molecule has 0 unspecified atom stereocenters. The van der Waals surface area contributed by atoms with Crippen LogP contribution in [0.4, 0.5) is 0 Å². The zero-order chi connectivity index (χ0) is 26.8. The molecule has 10 heteroatoms. The van der Waals surface area contributed by atoms with Crippen LogP contribution >= 0.6 is 41.2 Å². The maximum Gasteiger partial charge on any atom is 0.200 e. The van der Waals surface area contributed by atoms with Gasteiger partial charge in [-0.1, -0.05) is 105 Å². The summed E-state index contributed by atoms with van der Waals surface area (Å²) in [6.07, 6.45) is 14.2. The van der Waals surface area contributed by atoms with Crippen molar-refractivity contribution in [3.63, 3.8) is 0 Å². The Kier molecular flexibility index (Phi) is 28.1. The molecule has 0 amide bonds. The van der Waals surface area contributed by atoms with Crippen LogP contribution in [0.15, 0.2) is 0 Å². The van der Waals surface area contributed by atoms with Crippen molar-refractivity contribution in [1.29, 1.82) is 0 Å². The first-order chi connectivity index (χ1) is 17.6. The zero-order valence-corrected chi connectivity index (χ0v) is 30.5. The van der Waals surface area contributed by atoms with E-state index >= 15 is 0 Å². The third kappa shape index (κ3) is 19.7. The third-order valence-corrected chi connectivity index (χ3v) is 18.6. The number of ether oxygens (including phenoxy) is 4. The number of unbranched alkanes of at least 4 members (excludes halogenated alkanes) is 8. The van der Waals surface area contributed by atoms with Gasteiger partial charge in [0.25, 0.3) is 0 Å². The Bertz CT molecular complexity index is 404. The van der Waals surface area contributed by atoms with E-state index in [0.717, 1.165) is 52.1 Å². The highest BCUT2D eigenvalue weighted by atomic mass is 33.7. The van der Waals surface area contributed by atoms with Crippen LogP contribution in [0.5, 0.6) is 0 Å². The molecule has 0 aromatic heterocycles. The molecule has 4 nitrogen and oxygen atoms in total. The van der Waals surface area contributed by atoms with Crippen LogP contribution in [0.1, 0.15) is 119 Å². The minimum atomic E-state index is -0.529. The van der Waals surface area contributed by atoms with Gasteiger partial charge in [0.2, 0.25) is 9.48 Å². The van der Waals surface area contributed by atoms with E-state index in [-0.39, 0.29) is 0 Å². The van der Waals surface area contributed by atoms with Gasteiger partial charge >= 0.3 is 0 Å². The molecule has 0 atom stereocenters. The summed E-state index contributed by atoms with van der Waals surface area (Å²) in [6.45, 7) is 16.7. The van der Waals surface area contributed by atoms with Crippen LogP contribution in [-0.2, 0) is 18.9 Å². The molecule has 0 N–H and O–H groups in total. The molecule has 36 heavy (non-hydrogen) atoms. The average molecular weight is 619 g/mol. The summed E-state index contributed by atoms with van der Waals surface area (Å²) in [5.74, 6) is 0. The van der Waals surface area contributed by atoms with Crippen LogP contribution in [0.2, 0.25) is 12.1 Å². The third-order valence-electron chi connectivity index (χ3n) is 5.74. The maximum absolute atomic E-state index is 6.52. The predicted molar refractivity (Wildman–Crippen MR) is 176 cm³/mol. The standard InChI is InChI=1S/C26H58O4S4Si2/c1-7-13-17-21-27-25(35-11-5,28-22-18-14-8-2)31-33-34-32-26(36-12-6,29-23-19-15-9-3)30-24-20-16-10-4/h7-24,35-36H2,1-6H3. The molecule has 0 radical (unpaired) electrons. The van der Waals surface area contributed by atoms with Gasteiger partial charge in [-0.2, -0.15) is 0 Å². The molecule has 0 spiro atoms. The lowest BCUT2D eigenvalue weighted by molar-refractivity contribution is -0.118. The topological polar surface area (TPSA) is 36.9 Å². The maximum atomic E-state index is 6.52. The highest BCUT2D eigenvalue weighted by Crippen LogP contribution is 2.53. The van der Waals surface area contributed by atoms with Gasteiger partial charge in [0.15, 0.2) is 0 Å². The lowest BCUT2D eigenvalue weighted by Gasteiger charge is -2.34. The Hall–Kier alpha value is 1.67. The fourth-order valence-electron chi connectivity index (χ4n) is 3.61. The van der Waals surface area contributed by atoms with Gasteiger partial charge in [-0.3, -0.25) is 0 Å². The molecule has 0 aromatic carbocycles. The Balaban J connectivity index is 5.14. The van der Waals surface area contributed by atoms with E-state index < -0.39 is 28.5 Å². The Morgan fingerprint density at radius 2 is 0.722 bits per heavy atom. The predicted octanol–water partition coefficient (Wildman–Crippen LogP) is 8.93. The number of hydrogen-bond acceptors (Lipinski definition) is 8. The second kappa shape index (κ2) is 26.9. The van der Waals surface area contributed by atoms with Gasteiger partial charge in [0, 0.05) is 0 Å². The smallest absolute Gasteiger partial charge is 0.200 e. The lowest BCUT2D eigenvalue weighted by atomic mass is 10.3. The molecule has 0 saturated carbocycles. The van der Waals surface area contributed by atoms with Gasteiger partial charge in [0.05, 0.1) is 26.4 Å². The first-order valence-corrected chi connectivity index (χ1v) is 23.1. The molecular weight excluding hydrogens is 561 g/mol. The van der Waals surface area contributed by atoms with Crippen molar-refractivity contribution in [2.45, 2.75) is 140 Å². The quantitative estimate of drug-likeness (QED) is 0.0356. The summed E-state index contributed by atoms with van der Waals surface area (Å²) >= 11 is 0. The molecule has 0 rings (SSSR count). The van der Waals surface area contributed by atoms with E-state index in [4.69, 9.17) is 18.9 Å². The fourth-order valence-corrected chi connectivity index (χ4v) is 18.0. The van der Waals surface area contributed by atoms with Crippen molar-refractivity contribution in [3.8, 4) is 0 Å². The zero-order valence-electron chi connectivity index (χ0n) is 24.4. The Morgan fingerprint density at radius 3 is 0.944 bits per heavy atom. The summed E-state index contributed by atoms with van der Waals surface area (Å²) in [5, 5.41) is 0. The van der Waals surface area contributed by atoms with E-state index in [1.807, 2.05) is 41.2 Å². The van der Waals surface area contributed by atoms with E-state index in [0.29, 0.717) is 0 Å². The van der Waals surface area contributed by atoms with Crippen molar-refractivity contribution in [3.05, 3.63) is 0 Å². The molecule has 0 aliphatic rings. The van der Waals surface area contributed by atoms with Gasteiger partial charge in [-0.15, -0.1) is 0 Å². The second-order valence-corrected chi connectivity index (χ2v) is 21.4. The van der Waals surface area contributed by atoms with Crippen molar-refractivity contribution in [1.82, 2.24) is 0 Å². The molecule has 0 aliphatic heterocycles. The molecule has 0 heterocycles. The average Bonchev–Trinajstić information content (AvgIpc) is 2.88. The van der Waals surface area contributed by atoms with Crippen LogP contribution in [0.3, 0.4) is 0 Å². The highest BCUT2D eigenvalue weighted by molar-refractivity contribution is 9.26. The van der Waals surface area contributed by atoms with Crippen LogP contribution in [0.25, 0.3) is 0 Å². The van der Waals surface area contributed by atoms with Gasteiger partial charge < -0.3 is 18.9 Å². The van der Waals surface area contributed by atoms with Crippen LogP contribution < -0.4 is 0 Å². The largest absolute Gasteiger partial charge is 0.345 e. The minimum absolute atomic E-state index is 0.427. The van der Waals surface area contributed by atoms with Crippen LogP contribution in [0, 0.1) is 0 Å². The fraction of sp³-hybridized carbons (Fsp3) is 1.00. The molecular formula is C26H58O4S4Si2. The van der Waals surface area contributed by atoms with E-state index in [2.05, 4.69) is 41.5 Å². The van der Waals surface area contributed by atoms with Crippen molar-refractivity contribution in [2.75, 3.05) is 26.4 Å². The van der Waals surface area contributed by atoms with Gasteiger partial charge in [0.1, 0.15) is 19.0 Å². The molecule has 0 aromatic rings. The normalized spacial score (nSPS) is 13.2. The highest BCUT2D eigenvalue weighted by Gasteiger charge is 2.36. The summed E-state index contributed by atoms with van der Waals surface area (Å²) in [4.78, 5) is 0. The SMILES string of the molecule is CCCCCOC(OCCCCC)([SiH2]CC)SSSSC(OCCCCC)(OCCCCC)[SiH2]CC. The van der Waals surface area contributed by atoms with Crippen molar-refractivity contribution < 1.29 is 18.9 Å². The summed E-state index contributed by atoms with van der Waals surface area (Å²) in [7, 11) is 6.19. The van der Waals surface area contributed by atoms with E-state index in [1.54, 1.807) is 0 Å². The number of hydrogen-bond donors (Lipinski definition) is 0. The molecule has 218 valence electrons. The van der Waals surface area contributed by atoms with Crippen molar-refractivity contribution >= 4 is 60.3 Å². The number of rotatable bonds is 29. The summed E-state index contributed by atoms with van der Waals surface area (Å²) < 4.78 is 25.2. The molecule has 0 aliphatic carbocycles. The van der Waals surface area contributed by atoms with Crippen LogP contribution in [-0.4, -0.2) is 55.0 Å². The van der Waals surface area contributed by atoms with E-state index in [1.165, 1.54) is 63.5 Å². The summed E-state index contributed by atoms with van der Waals surface area (Å²) in [6, 6.07) is 2.36. The Morgan fingerprint density at radius 1 is 0.444 bits per heavy atom. The Labute approximate surface area is 244 Å². The van der Waals surface area contributed by atoms with Gasteiger partial charge in [-0.05, 0) is 66.9 Å². The molecule has 0 fully saturated rings. The minimum Gasteiger partial charge on any atom is -0.345 e. The van der Waals surface area contributed by atoms with E-state index in [9.17, 15) is 0 Å². The monoisotopic (exact) mass is 618 g/mol. The van der Waals surface area contributed by atoms with Crippen molar-refractivity contribution in [2.24, 2.45) is 0 Å². The second-order valence-electron chi connectivity index (χ2n) is 9.39. The first kappa shape index (κ1) is 37.7. The first-order valence-electron chi connectivity index (χ1n) is 14.8. The van der Waals surface area contributed by atoms with Gasteiger partial charge in [-0.25, -0.2) is 0 Å². The molecule has 0 bridgehead atoms. The molecule has 0 saturated heterocycles.